The molecule has 1 heterocycles. The first-order valence-electron chi connectivity index (χ1n) is 6.61. The number of carbonyl (C=O) groups is 2. The molecule has 1 saturated heterocycles. The van der Waals surface area contributed by atoms with Crippen LogP contribution in [0.5, 0.6) is 0 Å². The zero-order valence-corrected chi connectivity index (χ0v) is 10.6. The molecular weight excluding hydrogens is 239 g/mol. The van der Waals surface area contributed by atoms with Crippen LogP contribution in [0.2, 0.25) is 0 Å². The summed E-state index contributed by atoms with van der Waals surface area (Å²) in [6.07, 6.45) is 2.05. The maximum absolute atomic E-state index is 12.5. The maximum Gasteiger partial charge on any atom is 0.254 e. The van der Waals surface area contributed by atoms with Gasteiger partial charge in [0.1, 0.15) is 13.9 Å². The van der Waals surface area contributed by atoms with Crippen LogP contribution in [0.15, 0.2) is 24.3 Å². The fraction of sp³-hybridized carbons (Fsp3) is 0.429. The van der Waals surface area contributed by atoms with Crippen molar-refractivity contribution in [1.82, 2.24) is 10.2 Å². The van der Waals surface area contributed by atoms with Crippen LogP contribution in [-0.2, 0) is 4.79 Å². The van der Waals surface area contributed by atoms with E-state index >= 15 is 0 Å². The maximum atomic E-state index is 12.5. The van der Waals surface area contributed by atoms with Gasteiger partial charge in [-0.25, -0.2) is 0 Å². The van der Waals surface area contributed by atoms with Crippen LogP contribution >= 0.6 is 0 Å². The molecule has 1 aliphatic carbocycles. The van der Waals surface area contributed by atoms with Gasteiger partial charge in [-0.1, -0.05) is 23.7 Å². The summed E-state index contributed by atoms with van der Waals surface area (Å²) in [7, 11) is 5.71. The molecule has 2 amide bonds. The number of rotatable bonds is 2. The fourth-order valence-corrected chi connectivity index (χ4v) is 2.63. The summed E-state index contributed by atoms with van der Waals surface area (Å²) in [4.78, 5) is 26.2. The Kier molecular flexibility index (Phi) is 3.05. The molecule has 5 heteroatoms. The average molecular weight is 254 g/mol. The van der Waals surface area contributed by atoms with Crippen molar-refractivity contribution in [2.75, 3.05) is 13.1 Å². The van der Waals surface area contributed by atoms with Crippen molar-refractivity contribution in [2.45, 2.75) is 18.9 Å². The number of nitrogens with one attached hydrogen (secondary N) is 1. The third-order valence-electron chi connectivity index (χ3n) is 3.72. The zero-order valence-electron chi connectivity index (χ0n) is 10.6. The standard InChI is InChI=1S/C14H15BN2O2/c15-11-3-1-2-10(8-11)14(19)17-7-6-16-13(18)12(17)9-4-5-9/h1-3,8-9,12H,4-7H2,(H,16,18). The lowest BCUT2D eigenvalue weighted by atomic mass is 9.94. The van der Waals surface area contributed by atoms with E-state index in [0.717, 1.165) is 12.8 Å². The van der Waals surface area contributed by atoms with Crippen LogP contribution in [0.3, 0.4) is 0 Å². The van der Waals surface area contributed by atoms with Crippen LogP contribution in [0, 0.1) is 5.92 Å². The highest BCUT2D eigenvalue weighted by Gasteiger charge is 2.43. The van der Waals surface area contributed by atoms with Crippen molar-refractivity contribution in [3.05, 3.63) is 29.8 Å². The van der Waals surface area contributed by atoms with Gasteiger partial charge in [-0.05, 0) is 24.8 Å². The fourth-order valence-electron chi connectivity index (χ4n) is 2.63. The Bertz CT molecular complexity index is 528. The van der Waals surface area contributed by atoms with Gasteiger partial charge in [0.05, 0.1) is 0 Å². The van der Waals surface area contributed by atoms with Crippen LogP contribution in [0.1, 0.15) is 23.2 Å². The van der Waals surface area contributed by atoms with Gasteiger partial charge in [-0.2, -0.15) is 0 Å². The third-order valence-corrected chi connectivity index (χ3v) is 3.72. The zero-order chi connectivity index (χ0) is 13.4. The summed E-state index contributed by atoms with van der Waals surface area (Å²) in [6.45, 7) is 1.09. The monoisotopic (exact) mass is 254 g/mol. The van der Waals surface area contributed by atoms with Gasteiger partial charge in [0.25, 0.3) is 5.91 Å². The molecule has 19 heavy (non-hydrogen) atoms. The van der Waals surface area contributed by atoms with E-state index in [4.69, 9.17) is 7.85 Å². The van der Waals surface area contributed by atoms with Gasteiger partial charge in [0, 0.05) is 18.7 Å². The Labute approximate surface area is 113 Å². The van der Waals surface area contributed by atoms with Crippen molar-refractivity contribution < 1.29 is 9.59 Å². The van der Waals surface area contributed by atoms with Crippen LogP contribution in [0.25, 0.3) is 0 Å². The van der Waals surface area contributed by atoms with Gasteiger partial charge < -0.3 is 10.2 Å². The highest BCUT2D eigenvalue weighted by molar-refractivity contribution is 6.32. The number of nitrogens with zero attached hydrogens (tertiary/aromatic N) is 1. The molecule has 1 aromatic carbocycles. The van der Waals surface area contributed by atoms with E-state index in [1.165, 1.54) is 0 Å². The summed E-state index contributed by atoms with van der Waals surface area (Å²) >= 11 is 0. The minimum atomic E-state index is -0.303. The number of benzene rings is 1. The second-order valence-electron chi connectivity index (χ2n) is 5.20. The molecule has 3 rings (SSSR count). The summed E-state index contributed by atoms with van der Waals surface area (Å²) in [6, 6.07) is 6.62. The molecule has 1 N–H and O–H groups in total. The predicted molar refractivity (Wildman–Crippen MR) is 72.4 cm³/mol. The first kappa shape index (κ1) is 12.3. The molecule has 1 atom stereocenters. The number of amides is 2. The second kappa shape index (κ2) is 4.72. The minimum Gasteiger partial charge on any atom is -0.353 e. The molecule has 2 radical (unpaired) electrons. The van der Waals surface area contributed by atoms with Gasteiger partial charge in [-0.15, -0.1) is 0 Å². The lowest BCUT2D eigenvalue weighted by Crippen LogP contribution is -2.58. The van der Waals surface area contributed by atoms with Crippen LogP contribution in [0.4, 0.5) is 0 Å². The Morgan fingerprint density at radius 1 is 1.37 bits per heavy atom. The molecule has 2 fully saturated rings. The smallest absolute Gasteiger partial charge is 0.254 e. The Morgan fingerprint density at radius 2 is 2.16 bits per heavy atom. The average Bonchev–Trinajstić information content (AvgIpc) is 3.22. The topological polar surface area (TPSA) is 49.4 Å². The predicted octanol–water partition coefficient (Wildman–Crippen LogP) is -0.169. The highest BCUT2D eigenvalue weighted by atomic mass is 16.2. The molecule has 0 bridgehead atoms. The van der Waals surface area contributed by atoms with Crippen molar-refractivity contribution >= 4 is 25.1 Å². The SMILES string of the molecule is [B]c1cccc(C(=O)N2CCNC(=O)C2C2CC2)c1. The van der Waals surface area contributed by atoms with Gasteiger partial charge in [0.15, 0.2) is 0 Å². The van der Waals surface area contributed by atoms with Crippen LogP contribution < -0.4 is 10.8 Å². The van der Waals surface area contributed by atoms with E-state index in [2.05, 4.69) is 5.32 Å². The second-order valence-corrected chi connectivity index (χ2v) is 5.20. The van der Waals surface area contributed by atoms with E-state index in [1.807, 2.05) is 0 Å². The van der Waals surface area contributed by atoms with E-state index in [1.54, 1.807) is 29.2 Å². The lowest BCUT2D eigenvalue weighted by Gasteiger charge is -2.35. The van der Waals surface area contributed by atoms with Crippen LogP contribution in [-0.4, -0.2) is 43.7 Å². The van der Waals surface area contributed by atoms with Crippen molar-refractivity contribution in [1.29, 1.82) is 0 Å². The molecule has 0 aromatic heterocycles. The summed E-state index contributed by atoms with van der Waals surface area (Å²) in [5, 5.41) is 2.84. The molecule has 96 valence electrons. The van der Waals surface area contributed by atoms with Crippen molar-refractivity contribution in [3.8, 4) is 0 Å². The first-order chi connectivity index (χ1) is 9.16. The normalized spacial score (nSPS) is 23.1. The molecular formula is C14H15BN2O2. The Morgan fingerprint density at radius 3 is 2.84 bits per heavy atom. The Balaban J connectivity index is 1.86. The van der Waals surface area contributed by atoms with Gasteiger partial charge in [-0.3, -0.25) is 9.59 Å². The highest BCUT2D eigenvalue weighted by Crippen LogP contribution is 2.36. The minimum absolute atomic E-state index is 0.0222. The van der Waals surface area contributed by atoms with Crippen molar-refractivity contribution in [3.63, 3.8) is 0 Å². The van der Waals surface area contributed by atoms with E-state index in [-0.39, 0.29) is 17.9 Å². The first-order valence-corrected chi connectivity index (χ1v) is 6.61. The molecule has 1 unspecified atom stereocenters. The third kappa shape index (κ3) is 2.37. The van der Waals surface area contributed by atoms with E-state index in [9.17, 15) is 9.59 Å². The summed E-state index contributed by atoms with van der Waals surface area (Å²) in [5.41, 5.74) is 1.12. The van der Waals surface area contributed by atoms with Crippen molar-refractivity contribution in [2.24, 2.45) is 5.92 Å². The molecule has 0 spiro atoms. The number of hydrogen-bond donors (Lipinski definition) is 1. The number of piperazine rings is 1. The molecule has 1 aliphatic heterocycles. The largest absolute Gasteiger partial charge is 0.353 e. The van der Waals surface area contributed by atoms with Gasteiger partial charge in [0.2, 0.25) is 5.91 Å². The summed E-state index contributed by atoms with van der Waals surface area (Å²) < 4.78 is 0. The molecule has 4 nitrogen and oxygen atoms in total. The lowest BCUT2D eigenvalue weighted by molar-refractivity contribution is -0.128. The Hall–Kier alpha value is -1.78. The number of hydrogen-bond acceptors (Lipinski definition) is 2. The molecule has 1 saturated carbocycles. The molecule has 1 aromatic rings. The summed E-state index contributed by atoms with van der Waals surface area (Å²) in [5.74, 6) is 0.204. The number of carbonyl (C=O) groups excluding carboxylic acids is 2. The molecule has 2 aliphatic rings. The van der Waals surface area contributed by atoms with Gasteiger partial charge >= 0.3 is 0 Å². The van der Waals surface area contributed by atoms with E-state index in [0.29, 0.717) is 30.0 Å². The quantitative estimate of drug-likeness (QED) is 0.745. The van der Waals surface area contributed by atoms with E-state index < -0.39 is 0 Å².